The summed E-state index contributed by atoms with van der Waals surface area (Å²) in [7, 11) is 0. The number of aliphatic hydroxyl groups is 1. The Morgan fingerprint density at radius 1 is 0.943 bits per heavy atom. The van der Waals surface area contributed by atoms with Crippen LogP contribution in [-0.4, -0.2) is 66.1 Å². The summed E-state index contributed by atoms with van der Waals surface area (Å²) < 4.78 is 0. The number of primary amides is 1. The SMILES string of the molecule is CC[C@H](C)[C@H](NC(=O)[C@H](CCCCN)NC(=O)[C@H](Cc1ccccc1)NC(=O)[C@@H](N)CO)C(N)=O. The number of carbonyl (C=O) groups is 4. The average Bonchev–Trinajstić information content (AvgIpc) is 2.85. The number of nitrogens with one attached hydrogen (secondary N) is 3. The van der Waals surface area contributed by atoms with E-state index in [0.717, 1.165) is 5.56 Å². The molecule has 5 atom stereocenters. The highest BCUT2D eigenvalue weighted by Crippen LogP contribution is 2.10. The molecule has 4 amide bonds. The van der Waals surface area contributed by atoms with Gasteiger partial charge in [0.05, 0.1) is 6.61 Å². The zero-order chi connectivity index (χ0) is 26.4. The van der Waals surface area contributed by atoms with Gasteiger partial charge in [0.15, 0.2) is 0 Å². The van der Waals surface area contributed by atoms with Crippen LogP contribution in [0.25, 0.3) is 0 Å². The first-order valence-corrected chi connectivity index (χ1v) is 11.9. The molecule has 1 aromatic carbocycles. The van der Waals surface area contributed by atoms with Crippen molar-refractivity contribution >= 4 is 23.6 Å². The lowest BCUT2D eigenvalue weighted by atomic mass is 9.97. The minimum Gasteiger partial charge on any atom is -0.394 e. The highest BCUT2D eigenvalue weighted by molar-refractivity contribution is 5.94. The molecule has 0 saturated carbocycles. The van der Waals surface area contributed by atoms with Crippen LogP contribution in [-0.2, 0) is 25.6 Å². The van der Waals surface area contributed by atoms with E-state index in [1.54, 1.807) is 31.2 Å². The van der Waals surface area contributed by atoms with Gasteiger partial charge in [-0.05, 0) is 37.3 Å². The van der Waals surface area contributed by atoms with Crippen molar-refractivity contribution in [1.82, 2.24) is 16.0 Å². The van der Waals surface area contributed by atoms with E-state index >= 15 is 0 Å². The minimum absolute atomic E-state index is 0.143. The van der Waals surface area contributed by atoms with Gasteiger partial charge in [-0.1, -0.05) is 50.6 Å². The molecule has 0 aliphatic carbocycles. The Bertz CT molecular complexity index is 822. The van der Waals surface area contributed by atoms with Gasteiger partial charge < -0.3 is 38.3 Å². The van der Waals surface area contributed by atoms with Crippen LogP contribution in [0.3, 0.4) is 0 Å². The number of rotatable bonds is 16. The van der Waals surface area contributed by atoms with Crippen molar-refractivity contribution in [3.8, 4) is 0 Å². The van der Waals surface area contributed by atoms with Gasteiger partial charge in [0, 0.05) is 6.42 Å². The molecule has 0 aliphatic rings. The lowest BCUT2D eigenvalue weighted by Crippen LogP contribution is -2.59. The highest BCUT2D eigenvalue weighted by Gasteiger charge is 2.31. The first-order valence-electron chi connectivity index (χ1n) is 11.9. The number of hydrogen-bond donors (Lipinski definition) is 7. The van der Waals surface area contributed by atoms with Crippen molar-refractivity contribution in [3.63, 3.8) is 0 Å². The molecule has 11 heteroatoms. The molecule has 10 N–H and O–H groups in total. The van der Waals surface area contributed by atoms with Gasteiger partial charge >= 0.3 is 0 Å². The molecule has 0 bridgehead atoms. The Kier molecular flexibility index (Phi) is 13.5. The Labute approximate surface area is 206 Å². The first kappa shape index (κ1) is 30.0. The smallest absolute Gasteiger partial charge is 0.243 e. The van der Waals surface area contributed by atoms with Crippen LogP contribution in [0.1, 0.15) is 45.1 Å². The molecule has 1 aromatic rings. The van der Waals surface area contributed by atoms with Crippen molar-refractivity contribution < 1.29 is 24.3 Å². The number of hydrogen-bond acceptors (Lipinski definition) is 7. The molecule has 0 fully saturated rings. The standard InChI is InChI=1S/C24H40N6O5/c1-3-15(2)20(21(27)32)30-23(34)18(11-7-8-12-25)28-24(35)19(29-22(33)17(26)14-31)13-16-9-5-4-6-10-16/h4-6,9-10,15,17-20,31H,3,7-8,11-14,25-26H2,1-2H3,(H2,27,32)(H,28,35)(H,29,33)(H,30,34)/t15-,17-,18-,19-,20-/m0/s1. The summed E-state index contributed by atoms with van der Waals surface area (Å²) >= 11 is 0. The molecule has 35 heavy (non-hydrogen) atoms. The maximum absolute atomic E-state index is 13.2. The third-order valence-corrected chi connectivity index (χ3v) is 5.85. The van der Waals surface area contributed by atoms with Crippen molar-refractivity contribution in [1.29, 1.82) is 0 Å². The fourth-order valence-electron chi connectivity index (χ4n) is 3.44. The molecular weight excluding hydrogens is 452 g/mol. The summed E-state index contributed by atoms with van der Waals surface area (Å²) in [5.74, 6) is -2.69. The fraction of sp³-hybridized carbons (Fsp3) is 0.583. The van der Waals surface area contributed by atoms with Crippen LogP contribution >= 0.6 is 0 Å². The lowest BCUT2D eigenvalue weighted by Gasteiger charge is -2.27. The van der Waals surface area contributed by atoms with E-state index in [2.05, 4.69) is 16.0 Å². The molecule has 0 aromatic heterocycles. The van der Waals surface area contributed by atoms with Crippen LogP contribution in [0.15, 0.2) is 30.3 Å². The van der Waals surface area contributed by atoms with Crippen LogP contribution in [0.5, 0.6) is 0 Å². The number of nitrogens with two attached hydrogens (primary N) is 3. The fourth-order valence-corrected chi connectivity index (χ4v) is 3.44. The largest absolute Gasteiger partial charge is 0.394 e. The Hall–Kier alpha value is -3.02. The quantitative estimate of drug-likeness (QED) is 0.138. The molecule has 0 saturated heterocycles. The van der Waals surface area contributed by atoms with Gasteiger partial charge in [0.2, 0.25) is 23.6 Å². The number of aliphatic hydroxyl groups excluding tert-OH is 1. The minimum atomic E-state index is -1.20. The number of amides is 4. The van der Waals surface area contributed by atoms with Gasteiger partial charge in [0.1, 0.15) is 24.2 Å². The molecule has 11 nitrogen and oxygen atoms in total. The summed E-state index contributed by atoms with van der Waals surface area (Å²) in [5.41, 5.74) is 17.4. The van der Waals surface area contributed by atoms with Crippen LogP contribution in [0.2, 0.25) is 0 Å². The highest BCUT2D eigenvalue weighted by atomic mass is 16.3. The van der Waals surface area contributed by atoms with Crippen molar-refractivity contribution in [2.24, 2.45) is 23.1 Å². The van der Waals surface area contributed by atoms with Gasteiger partial charge in [-0.2, -0.15) is 0 Å². The monoisotopic (exact) mass is 492 g/mol. The van der Waals surface area contributed by atoms with E-state index in [4.69, 9.17) is 17.2 Å². The second-order valence-electron chi connectivity index (χ2n) is 8.66. The predicted octanol–water partition coefficient (Wildman–Crippen LogP) is -1.34. The molecule has 0 unspecified atom stereocenters. The van der Waals surface area contributed by atoms with Crippen LogP contribution < -0.4 is 33.2 Å². The molecule has 1 rings (SSSR count). The summed E-state index contributed by atoms with van der Waals surface area (Å²) in [6, 6.07) is 4.92. The van der Waals surface area contributed by atoms with E-state index in [-0.39, 0.29) is 18.8 Å². The van der Waals surface area contributed by atoms with Gasteiger partial charge in [-0.25, -0.2) is 0 Å². The van der Waals surface area contributed by atoms with Crippen LogP contribution in [0, 0.1) is 5.92 Å². The normalized spacial score (nSPS) is 15.2. The summed E-state index contributed by atoms with van der Waals surface area (Å²) in [4.78, 5) is 50.5. The molecule has 0 spiro atoms. The topological polar surface area (TPSA) is 203 Å². The Balaban J connectivity index is 3.09. The first-order chi connectivity index (χ1) is 16.6. The van der Waals surface area contributed by atoms with Crippen molar-refractivity contribution in [2.75, 3.05) is 13.2 Å². The van der Waals surface area contributed by atoms with Crippen molar-refractivity contribution in [3.05, 3.63) is 35.9 Å². The summed E-state index contributed by atoms with van der Waals surface area (Å²) in [6.07, 6.45) is 2.24. The van der Waals surface area contributed by atoms with E-state index in [0.29, 0.717) is 25.8 Å². The average molecular weight is 493 g/mol. The molecule has 0 aliphatic heterocycles. The zero-order valence-corrected chi connectivity index (χ0v) is 20.5. The lowest BCUT2D eigenvalue weighted by molar-refractivity contribution is -0.134. The van der Waals surface area contributed by atoms with Gasteiger partial charge in [-0.15, -0.1) is 0 Å². The van der Waals surface area contributed by atoms with Crippen molar-refractivity contribution in [2.45, 2.75) is 70.1 Å². The predicted molar refractivity (Wildman–Crippen MR) is 133 cm³/mol. The van der Waals surface area contributed by atoms with E-state index in [1.807, 2.05) is 13.0 Å². The van der Waals surface area contributed by atoms with E-state index in [9.17, 15) is 24.3 Å². The number of carbonyl (C=O) groups excluding carboxylic acids is 4. The van der Waals surface area contributed by atoms with E-state index in [1.165, 1.54) is 0 Å². The number of benzene rings is 1. The summed E-state index contributed by atoms with van der Waals surface area (Å²) in [5, 5.41) is 17.1. The summed E-state index contributed by atoms with van der Waals surface area (Å²) in [6.45, 7) is 3.51. The van der Waals surface area contributed by atoms with Gasteiger partial charge in [0.25, 0.3) is 0 Å². The van der Waals surface area contributed by atoms with Gasteiger partial charge in [-0.3, -0.25) is 19.2 Å². The molecular formula is C24H40N6O5. The third kappa shape index (κ3) is 10.4. The molecule has 196 valence electrons. The van der Waals surface area contributed by atoms with E-state index < -0.39 is 54.4 Å². The second kappa shape index (κ2) is 15.8. The Morgan fingerprint density at radius 3 is 2.09 bits per heavy atom. The number of unbranched alkanes of at least 4 members (excludes halogenated alkanes) is 1. The zero-order valence-electron chi connectivity index (χ0n) is 20.5. The van der Waals surface area contributed by atoms with Crippen LogP contribution in [0.4, 0.5) is 0 Å². The molecule has 0 radical (unpaired) electrons. The second-order valence-corrected chi connectivity index (χ2v) is 8.66. The third-order valence-electron chi connectivity index (χ3n) is 5.85. The molecule has 0 heterocycles. The maximum Gasteiger partial charge on any atom is 0.243 e. The maximum atomic E-state index is 13.2. The Morgan fingerprint density at radius 2 is 1.54 bits per heavy atom.